The molecule has 1 saturated heterocycles. The number of anilines is 1. The van der Waals surface area contributed by atoms with E-state index in [0.29, 0.717) is 12.5 Å². The maximum Gasteiger partial charge on any atom is 0.159 e. The van der Waals surface area contributed by atoms with Crippen LogP contribution in [0.15, 0.2) is 127 Å². The average molecular weight is 651 g/mol. The highest BCUT2D eigenvalue weighted by atomic mass is 16.7. The molecule has 0 N–H and O–H groups in total. The van der Waals surface area contributed by atoms with Crippen LogP contribution in [-0.4, -0.2) is 38.2 Å². The molecule has 5 nitrogen and oxygen atoms in total. The fourth-order valence-corrected chi connectivity index (χ4v) is 7.39. The Kier molecular flexibility index (Phi) is 10.1. The van der Waals surface area contributed by atoms with Gasteiger partial charge in [-0.15, -0.1) is 0 Å². The van der Waals surface area contributed by atoms with Crippen LogP contribution in [0.25, 0.3) is 22.2 Å². The van der Waals surface area contributed by atoms with Gasteiger partial charge in [-0.2, -0.15) is 0 Å². The predicted octanol–water partition coefficient (Wildman–Crippen LogP) is 9.67. The second-order valence-corrected chi connectivity index (χ2v) is 13.2. The molecule has 5 heteroatoms. The molecular formula is C44H46N2O3. The van der Waals surface area contributed by atoms with Crippen molar-refractivity contribution in [1.29, 1.82) is 0 Å². The van der Waals surface area contributed by atoms with E-state index in [-0.39, 0.29) is 6.29 Å². The van der Waals surface area contributed by atoms with Crippen molar-refractivity contribution in [3.05, 3.63) is 155 Å². The highest BCUT2D eigenvalue weighted by molar-refractivity contribution is 5.92. The molecule has 6 aromatic rings. The van der Waals surface area contributed by atoms with Crippen molar-refractivity contribution >= 4 is 16.6 Å². The van der Waals surface area contributed by atoms with Crippen molar-refractivity contribution in [2.45, 2.75) is 45.6 Å². The van der Waals surface area contributed by atoms with Gasteiger partial charge in [-0.25, -0.2) is 0 Å². The van der Waals surface area contributed by atoms with Gasteiger partial charge in [0.05, 0.1) is 5.69 Å². The first kappa shape index (κ1) is 32.7. The normalized spacial score (nSPS) is 13.8. The molecule has 7 rings (SSSR count). The molecule has 49 heavy (non-hydrogen) atoms. The van der Waals surface area contributed by atoms with Crippen molar-refractivity contribution in [2.24, 2.45) is 5.92 Å². The molecule has 1 aromatic heterocycles. The molecule has 2 heterocycles. The number of aryl methyl sites for hydroxylation is 1. The van der Waals surface area contributed by atoms with Crippen LogP contribution in [0.2, 0.25) is 0 Å². The Bertz CT molecular complexity index is 1940. The molecule has 5 aromatic carbocycles. The molecule has 250 valence electrons. The summed E-state index contributed by atoms with van der Waals surface area (Å²) in [5, 5.41) is 1.22. The van der Waals surface area contributed by atoms with E-state index in [4.69, 9.17) is 14.2 Å². The minimum Gasteiger partial charge on any atom is -0.489 e. The minimum absolute atomic E-state index is 0.120. The summed E-state index contributed by atoms with van der Waals surface area (Å²) in [6.07, 6.45) is 2.93. The maximum absolute atomic E-state index is 6.28. The van der Waals surface area contributed by atoms with Gasteiger partial charge in [-0.1, -0.05) is 97.1 Å². The second-order valence-electron chi connectivity index (χ2n) is 13.2. The lowest BCUT2D eigenvalue weighted by Gasteiger charge is -2.36. The first-order chi connectivity index (χ1) is 24.1. The monoisotopic (exact) mass is 650 g/mol. The third-order valence-electron chi connectivity index (χ3n) is 10.0. The number of fused-ring (bicyclic) bond motifs is 1. The number of nitrogens with zero attached hydrogens (tertiary/aromatic N) is 2. The van der Waals surface area contributed by atoms with Gasteiger partial charge in [0, 0.05) is 56.4 Å². The number of hydrogen-bond donors (Lipinski definition) is 0. The van der Waals surface area contributed by atoms with Crippen LogP contribution in [0.5, 0.6) is 5.75 Å². The third-order valence-corrected chi connectivity index (χ3v) is 10.0. The fourth-order valence-electron chi connectivity index (χ4n) is 7.39. The molecule has 0 radical (unpaired) electrons. The second kappa shape index (κ2) is 15.1. The first-order valence-corrected chi connectivity index (χ1v) is 17.4. The predicted molar refractivity (Wildman–Crippen MR) is 200 cm³/mol. The van der Waals surface area contributed by atoms with Crippen LogP contribution in [0.4, 0.5) is 5.69 Å². The van der Waals surface area contributed by atoms with Crippen LogP contribution in [-0.2, 0) is 29.0 Å². The van der Waals surface area contributed by atoms with Crippen molar-refractivity contribution in [3.63, 3.8) is 0 Å². The SMILES string of the molecule is COC(OC)C1CCN(c2ccc(Cn3c(-c4ccc(Cc5ccccc5)cc4)c(C)c4cc(OCc5ccccc5)ccc43)cc2)CC1. The van der Waals surface area contributed by atoms with Gasteiger partial charge in [-0.3, -0.25) is 0 Å². The van der Waals surface area contributed by atoms with Crippen molar-refractivity contribution in [1.82, 2.24) is 4.57 Å². The van der Waals surface area contributed by atoms with Gasteiger partial charge in [0.1, 0.15) is 12.4 Å². The molecule has 1 aliphatic heterocycles. The fraction of sp³-hybridized carbons (Fsp3) is 0.273. The van der Waals surface area contributed by atoms with Gasteiger partial charge in [0.15, 0.2) is 6.29 Å². The molecule has 0 amide bonds. The molecule has 0 atom stereocenters. The van der Waals surface area contributed by atoms with E-state index in [0.717, 1.165) is 50.2 Å². The van der Waals surface area contributed by atoms with Gasteiger partial charge in [0.2, 0.25) is 0 Å². The number of piperidine rings is 1. The molecule has 0 aliphatic carbocycles. The Labute approximate surface area is 290 Å². The summed E-state index contributed by atoms with van der Waals surface area (Å²) in [4.78, 5) is 2.48. The summed E-state index contributed by atoms with van der Waals surface area (Å²) >= 11 is 0. The summed E-state index contributed by atoms with van der Waals surface area (Å²) in [7, 11) is 3.47. The average Bonchev–Trinajstić information content (AvgIpc) is 3.43. The summed E-state index contributed by atoms with van der Waals surface area (Å²) in [6.45, 7) is 5.59. The van der Waals surface area contributed by atoms with E-state index in [1.54, 1.807) is 14.2 Å². The summed E-state index contributed by atoms with van der Waals surface area (Å²) in [5.41, 5.74) is 11.3. The van der Waals surface area contributed by atoms with Crippen LogP contribution < -0.4 is 9.64 Å². The molecular weight excluding hydrogens is 604 g/mol. The van der Waals surface area contributed by atoms with E-state index in [2.05, 4.69) is 138 Å². The number of hydrogen-bond acceptors (Lipinski definition) is 4. The Morgan fingerprint density at radius 1 is 0.673 bits per heavy atom. The largest absolute Gasteiger partial charge is 0.489 e. The topological polar surface area (TPSA) is 35.9 Å². The molecule has 1 fully saturated rings. The highest BCUT2D eigenvalue weighted by Gasteiger charge is 2.26. The Morgan fingerprint density at radius 2 is 1.29 bits per heavy atom. The van der Waals surface area contributed by atoms with Crippen molar-refractivity contribution in [2.75, 3.05) is 32.2 Å². The summed E-state index contributed by atoms with van der Waals surface area (Å²) in [6, 6.07) is 45.8. The lowest BCUT2D eigenvalue weighted by atomic mass is 9.95. The summed E-state index contributed by atoms with van der Waals surface area (Å²) in [5.74, 6) is 1.32. The lowest BCUT2D eigenvalue weighted by molar-refractivity contribution is -0.141. The van der Waals surface area contributed by atoms with E-state index in [1.165, 1.54) is 50.1 Å². The van der Waals surface area contributed by atoms with Gasteiger partial charge < -0.3 is 23.7 Å². The van der Waals surface area contributed by atoms with Gasteiger partial charge in [-0.05, 0) is 89.9 Å². The van der Waals surface area contributed by atoms with Gasteiger partial charge in [0.25, 0.3) is 0 Å². The van der Waals surface area contributed by atoms with Crippen LogP contribution in [0.1, 0.15) is 40.7 Å². The Morgan fingerprint density at radius 3 is 1.94 bits per heavy atom. The Hall–Kier alpha value is -4.84. The number of rotatable bonds is 12. The molecule has 1 aliphatic rings. The highest BCUT2D eigenvalue weighted by Crippen LogP contribution is 2.37. The van der Waals surface area contributed by atoms with Crippen LogP contribution in [0.3, 0.4) is 0 Å². The molecule has 0 unspecified atom stereocenters. The smallest absolute Gasteiger partial charge is 0.159 e. The maximum atomic E-state index is 6.28. The quantitative estimate of drug-likeness (QED) is 0.124. The first-order valence-electron chi connectivity index (χ1n) is 17.4. The summed E-state index contributed by atoms with van der Waals surface area (Å²) < 4.78 is 19.8. The van der Waals surface area contributed by atoms with Crippen LogP contribution >= 0.6 is 0 Å². The number of aromatic nitrogens is 1. The van der Waals surface area contributed by atoms with E-state index >= 15 is 0 Å². The zero-order valence-corrected chi connectivity index (χ0v) is 28.8. The number of methoxy groups -OCH3 is 2. The minimum atomic E-state index is -0.120. The standard InChI is InChI=1S/C44H46N2O3/c1-32-41-29-40(49-31-36-12-8-5-9-13-36)22-23-42(41)46(43(32)37-18-14-34(15-19-37)28-33-10-6-4-7-11-33)30-35-16-20-39(21-17-35)45-26-24-38(25-27-45)44(47-2)48-3/h4-23,29,38,44H,24-28,30-31H2,1-3H3. The zero-order chi connectivity index (χ0) is 33.6. The molecule has 0 spiro atoms. The van der Waals surface area contributed by atoms with E-state index < -0.39 is 0 Å². The van der Waals surface area contributed by atoms with Crippen LogP contribution in [0, 0.1) is 12.8 Å². The van der Waals surface area contributed by atoms with Crippen molar-refractivity contribution in [3.8, 4) is 17.0 Å². The van der Waals surface area contributed by atoms with E-state index in [1.807, 2.05) is 6.07 Å². The molecule has 0 bridgehead atoms. The third kappa shape index (κ3) is 7.44. The van der Waals surface area contributed by atoms with Gasteiger partial charge >= 0.3 is 0 Å². The van der Waals surface area contributed by atoms with E-state index in [9.17, 15) is 0 Å². The number of benzene rings is 5. The molecule has 0 saturated carbocycles. The Balaban J connectivity index is 1.16. The lowest BCUT2D eigenvalue weighted by Crippen LogP contribution is -2.39. The zero-order valence-electron chi connectivity index (χ0n) is 28.8. The van der Waals surface area contributed by atoms with Crippen molar-refractivity contribution < 1.29 is 14.2 Å². The number of ether oxygens (including phenoxy) is 3.